The Bertz CT molecular complexity index is 360. The van der Waals surface area contributed by atoms with Crippen LogP contribution in [0, 0.1) is 6.92 Å². The van der Waals surface area contributed by atoms with Crippen LogP contribution >= 0.6 is 0 Å². The molecular formula is C10H11NO2. The Morgan fingerprint density at radius 3 is 3.15 bits per heavy atom. The molecule has 68 valence electrons. The number of carbonyl (C=O) groups is 1. The fraction of sp³-hybridized carbons (Fsp3) is 0.400. The molecule has 0 aliphatic heterocycles. The average molecular weight is 177 g/mol. The lowest BCUT2D eigenvalue weighted by Crippen LogP contribution is -2.09. The molecule has 3 heteroatoms. The van der Waals surface area contributed by atoms with Crippen molar-refractivity contribution in [2.75, 3.05) is 0 Å². The Labute approximate surface area is 76.4 Å². The molecule has 0 fully saturated rings. The van der Waals surface area contributed by atoms with Gasteiger partial charge in [0.25, 0.3) is 0 Å². The maximum Gasteiger partial charge on any atom is 0.312 e. The third-order valence-corrected chi connectivity index (χ3v) is 2.63. The van der Waals surface area contributed by atoms with Gasteiger partial charge in [0.05, 0.1) is 11.6 Å². The predicted octanol–water partition coefficient (Wildman–Crippen LogP) is 1.50. The molecule has 0 saturated heterocycles. The van der Waals surface area contributed by atoms with Crippen LogP contribution in [0.25, 0.3) is 0 Å². The lowest BCUT2D eigenvalue weighted by molar-refractivity contribution is -0.138. The second-order valence-electron chi connectivity index (χ2n) is 3.42. The molecule has 1 heterocycles. The summed E-state index contributed by atoms with van der Waals surface area (Å²) in [6.45, 7) is 2.00. The molecule has 1 aromatic rings. The van der Waals surface area contributed by atoms with E-state index in [2.05, 4.69) is 4.98 Å². The van der Waals surface area contributed by atoms with Crippen molar-refractivity contribution in [3.05, 3.63) is 29.1 Å². The Hall–Kier alpha value is -1.38. The number of rotatable bonds is 1. The molecular weight excluding hydrogens is 166 g/mol. The van der Waals surface area contributed by atoms with Gasteiger partial charge in [0.15, 0.2) is 0 Å². The Kier molecular flexibility index (Phi) is 1.79. The molecule has 1 N–H and O–H groups in total. The van der Waals surface area contributed by atoms with E-state index in [1.54, 1.807) is 6.20 Å². The highest BCUT2D eigenvalue weighted by atomic mass is 16.4. The molecule has 13 heavy (non-hydrogen) atoms. The van der Waals surface area contributed by atoms with E-state index >= 15 is 0 Å². The molecule has 0 spiro atoms. The molecule has 2 rings (SSSR count). The van der Waals surface area contributed by atoms with E-state index in [4.69, 9.17) is 5.11 Å². The maximum absolute atomic E-state index is 10.8. The fourth-order valence-corrected chi connectivity index (χ4v) is 1.90. The highest BCUT2D eigenvalue weighted by molar-refractivity contribution is 5.77. The van der Waals surface area contributed by atoms with Crippen LogP contribution in [0.1, 0.15) is 29.2 Å². The van der Waals surface area contributed by atoms with E-state index < -0.39 is 5.97 Å². The minimum Gasteiger partial charge on any atom is -0.481 e. The van der Waals surface area contributed by atoms with Gasteiger partial charge in [-0.1, -0.05) is 0 Å². The summed E-state index contributed by atoms with van der Waals surface area (Å²) in [5.74, 6) is -1.13. The summed E-state index contributed by atoms with van der Waals surface area (Å²) < 4.78 is 0. The zero-order valence-corrected chi connectivity index (χ0v) is 7.45. The molecule has 0 bridgehead atoms. The van der Waals surface area contributed by atoms with Crippen LogP contribution < -0.4 is 0 Å². The van der Waals surface area contributed by atoms with Crippen molar-refractivity contribution in [3.8, 4) is 0 Å². The van der Waals surface area contributed by atoms with Gasteiger partial charge in [-0.05, 0) is 37.0 Å². The smallest absolute Gasteiger partial charge is 0.312 e. The quantitative estimate of drug-likeness (QED) is 0.707. The number of hydrogen-bond acceptors (Lipinski definition) is 2. The first-order valence-electron chi connectivity index (χ1n) is 4.37. The lowest BCUT2D eigenvalue weighted by atomic mass is 10.1. The number of nitrogens with zero attached hydrogens (tertiary/aromatic N) is 1. The third kappa shape index (κ3) is 1.20. The van der Waals surface area contributed by atoms with Crippen LogP contribution in [0.5, 0.6) is 0 Å². The molecule has 0 amide bonds. The van der Waals surface area contributed by atoms with Crippen molar-refractivity contribution < 1.29 is 9.90 Å². The second-order valence-corrected chi connectivity index (χ2v) is 3.42. The minimum absolute atomic E-state index is 0.380. The lowest BCUT2D eigenvalue weighted by Gasteiger charge is -2.04. The number of aromatic nitrogens is 1. The highest BCUT2D eigenvalue weighted by Crippen LogP contribution is 2.32. The van der Waals surface area contributed by atoms with Gasteiger partial charge in [-0.25, -0.2) is 0 Å². The van der Waals surface area contributed by atoms with Crippen molar-refractivity contribution in [3.63, 3.8) is 0 Å². The minimum atomic E-state index is -0.753. The van der Waals surface area contributed by atoms with Gasteiger partial charge >= 0.3 is 5.97 Å². The normalized spacial score (nSPS) is 19.9. The standard InChI is InChI=1S/C10H11NO2/c1-6-4-5-11-9-7(6)2-3-8(9)10(12)13/h4-5,8H,2-3H2,1H3,(H,12,13). The first kappa shape index (κ1) is 8.23. The first-order chi connectivity index (χ1) is 6.20. The number of carboxylic acids is 1. The topological polar surface area (TPSA) is 50.2 Å². The largest absolute Gasteiger partial charge is 0.481 e. The highest BCUT2D eigenvalue weighted by Gasteiger charge is 2.30. The number of pyridine rings is 1. The van der Waals surface area contributed by atoms with Crippen molar-refractivity contribution in [2.45, 2.75) is 25.7 Å². The van der Waals surface area contributed by atoms with E-state index in [9.17, 15) is 4.79 Å². The van der Waals surface area contributed by atoms with E-state index in [1.165, 1.54) is 0 Å². The van der Waals surface area contributed by atoms with Crippen LogP contribution in [0.2, 0.25) is 0 Å². The zero-order valence-electron chi connectivity index (χ0n) is 7.45. The molecule has 1 aromatic heterocycles. The Balaban J connectivity index is 2.49. The van der Waals surface area contributed by atoms with Crippen LogP contribution in [-0.2, 0) is 11.2 Å². The van der Waals surface area contributed by atoms with Crippen molar-refractivity contribution in [1.82, 2.24) is 4.98 Å². The van der Waals surface area contributed by atoms with Crippen LogP contribution in [0.4, 0.5) is 0 Å². The Morgan fingerprint density at radius 1 is 1.69 bits per heavy atom. The van der Waals surface area contributed by atoms with E-state index in [0.29, 0.717) is 6.42 Å². The molecule has 1 aliphatic carbocycles. The molecule has 3 nitrogen and oxygen atoms in total. The van der Waals surface area contributed by atoms with Crippen LogP contribution in [-0.4, -0.2) is 16.1 Å². The van der Waals surface area contributed by atoms with Gasteiger partial charge in [0.1, 0.15) is 0 Å². The molecule has 1 aliphatic rings. The average Bonchev–Trinajstić information content (AvgIpc) is 2.48. The number of carboxylic acid groups (broad SMARTS) is 1. The third-order valence-electron chi connectivity index (χ3n) is 2.63. The second kappa shape index (κ2) is 2.83. The van der Waals surface area contributed by atoms with Gasteiger partial charge in [-0.3, -0.25) is 9.78 Å². The SMILES string of the molecule is Cc1ccnc2c1CCC2C(=O)O. The van der Waals surface area contributed by atoms with Gasteiger partial charge in [-0.15, -0.1) is 0 Å². The van der Waals surface area contributed by atoms with E-state index in [0.717, 1.165) is 23.2 Å². The number of aryl methyl sites for hydroxylation is 1. The summed E-state index contributed by atoms with van der Waals surface area (Å²) in [6, 6.07) is 1.93. The monoisotopic (exact) mass is 177 g/mol. The number of fused-ring (bicyclic) bond motifs is 1. The fourth-order valence-electron chi connectivity index (χ4n) is 1.90. The first-order valence-corrected chi connectivity index (χ1v) is 4.37. The van der Waals surface area contributed by atoms with Crippen LogP contribution in [0.3, 0.4) is 0 Å². The summed E-state index contributed by atoms with van der Waals surface area (Å²) in [7, 11) is 0. The Morgan fingerprint density at radius 2 is 2.46 bits per heavy atom. The summed E-state index contributed by atoms with van der Waals surface area (Å²) in [4.78, 5) is 15.0. The van der Waals surface area contributed by atoms with Crippen molar-refractivity contribution in [1.29, 1.82) is 0 Å². The molecule has 0 saturated carbocycles. The summed E-state index contributed by atoms with van der Waals surface area (Å²) in [5, 5.41) is 8.91. The summed E-state index contributed by atoms with van der Waals surface area (Å²) in [5.41, 5.74) is 3.07. The molecule has 1 unspecified atom stereocenters. The van der Waals surface area contributed by atoms with Crippen molar-refractivity contribution >= 4 is 5.97 Å². The zero-order chi connectivity index (χ0) is 9.42. The van der Waals surface area contributed by atoms with E-state index in [-0.39, 0.29) is 5.92 Å². The van der Waals surface area contributed by atoms with Crippen molar-refractivity contribution in [2.24, 2.45) is 0 Å². The predicted molar refractivity (Wildman–Crippen MR) is 47.7 cm³/mol. The van der Waals surface area contributed by atoms with E-state index in [1.807, 2.05) is 13.0 Å². The molecule has 0 radical (unpaired) electrons. The molecule has 1 atom stereocenters. The van der Waals surface area contributed by atoms with Gasteiger partial charge in [0, 0.05) is 6.20 Å². The van der Waals surface area contributed by atoms with Gasteiger partial charge < -0.3 is 5.11 Å². The van der Waals surface area contributed by atoms with Gasteiger partial charge in [-0.2, -0.15) is 0 Å². The van der Waals surface area contributed by atoms with Gasteiger partial charge in [0.2, 0.25) is 0 Å². The van der Waals surface area contributed by atoms with Crippen LogP contribution in [0.15, 0.2) is 12.3 Å². The summed E-state index contributed by atoms with van der Waals surface area (Å²) in [6.07, 6.45) is 3.24. The number of aliphatic carboxylic acids is 1. The molecule has 0 aromatic carbocycles. The summed E-state index contributed by atoms with van der Waals surface area (Å²) >= 11 is 0. The number of hydrogen-bond donors (Lipinski definition) is 1. The maximum atomic E-state index is 10.8.